The summed E-state index contributed by atoms with van der Waals surface area (Å²) in [6.45, 7) is 5.72. The van der Waals surface area contributed by atoms with Gasteiger partial charge < -0.3 is 5.32 Å². The van der Waals surface area contributed by atoms with Gasteiger partial charge in [-0.1, -0.05) is 19.1 Å². The fourth-order valence-corrected chi connectivity index (χ4v) is 4.20. The first-order valence-corrected chi connectivity index (χ1v) is 9.01. The van der Waals surface area contributed by atoms with E-state index in [2.05, 4.69) is 29.3 Å². The molecule has 24 heavy (non-hydrogen) atoms. The number of thiophene rings is 1. The summed E-state index contributed by atoms with van der Waals surface area (Å²) >= 11 is 1.75. The summed E-state index contributed by atoms with van der Waals surface area (Å²) in [5.41, 5.74) is 0.333. The molecular formula is C18H21F3N2S. The van der Waals surface area contributed by atoms with E-state index in [0.717, 1.165) is 38.2 Å². The highest BCUT2D eigenvalue weighted by Crippen LogP contribution is 2.36. The van der Waals surface area contributed by atoms with Crippen LogP contribution in [-0.2, 0) is 12.6 Å². The van der Waals surface area contributed by atoms with E-state index in [1.165, 1.54) is 21.9 Å². The standard InChI is InChI=1S/C18H21F3N2S/c1-2-15-7-8-16(24-15)17(23-11-9-22-10-12-23)13-3-5-14(6-4-13)18(19,20)21/h3-8,17,22H,2,9-12H2,1H3. The Morgan fingerprint density at radius 3 is 2.29 bits per heavy atom. The molecule has 1 fully saturated rings. The minimum Gasteiger partial charge on any atom is -0.314 e. The maximum atomic E-state index is 12.8. The summed E-state index contributed by atoms with van der Waals surface area (Å²) in [5.74, 6) is 0. The van der Waals surface area contributed by atoms with Gasteiger partial charge in [-0.2, -0.15) is 13.2 Å². The van der Waals surface area contributed by atoms with E-state index in [1.54, 1.807) is 23.5 Å². The molecule has 1 unspecified atom stereocenters. The van der Waals surface area contributed by atoms with Crippen molar-refractivity contribution in [1.82, 2.24) is 10.2 Å². The molecule has 0 bridgehead atoms. The van der Waals surface area contributed by atoms with E-state index < -0.39 is 11.7 Å². The Hall–Kier alpha value is -1.37. The summed E-state index contributed by atoms with van der Waals surface area (Å²) < 4.78 is 38.5. The van der Waals surface area contributed by atoms with Crippen molar-refractivity contribution in [3.05, 3.63) is 57.3 Å². The van der Waals surface area contributed by atoms with E-state index in [0.29, 0.717) is 0 Å². The normalized spacial score (nSPS) is 17.8. The monoisotopic (exact) mass is 354 g/mol. The van der Waals surface area contributed by atoms with Gasteiger partial charge in [0.05, 0.1) is 11.6 Å². The van der Waals surface area contributed by atoms with Crippen LogP contribution in [0.4, 0.5) is 13.2 Å². The lowest BCUT2D eigenvalue weighted by atomic mass is 10.0. The van der Waals surface area contributed by atoms with Crippen molar-refractivity contribution < 1.29 is 13.2 Å². The Kier molecular flexibility index (Phi) is 5.27. The smallest absolute Gasteiger partial charge is 0.314 e. The average Bonchev–Trinajstić information content (AvgIpc) is 3.04. The second kappa shape index (κ2) is 7.25. The Morgan fingerprint density at radius 2 is 1.75 bits per heavy atom. The highest BCUT2D eigenvalue weighted by molar-refractivity contribution is 7.12. The lowest BCUT2D eigenvalue weighted by molar-refractivity contribution is -0.137. The zero-order chi connectivity index (χ0) is 17.2. The largest absolute Gasteiger partial charge is 0.416 e. The summed E-state index contributed by atoms with van der Waals surface area (Å²) in [5, 5.41) is 3.33. The van der Waals surface area contributed by atoms with Gasteiger partial charge in [0.1, 0.15) is 0 Å². The second-order valence-corrected chi connectivity index (χ2v) is 7.17. The van der Waals surface area contributed by atoms with Gasteiger partial charge in [-0.3, -0.25) is 4.90 Å². The molecule has 2 nitrogen and oxygen atoms in total. The first-order chi connectivity index (χ1) is 11.5. The van der Waals surface area contributed by atoms with Crippen LogP contribution >= 0.6 is 11.3 Å². The van der Waals surface area contributed by atoms with Crippen molar-refractivity contribution in [2.45, 2.75) is 25.6 Å². The molecule has 3 rings (SSSR count). The van der Waals surface area contributed by atoms with Crippen molar-refractivity contribution in [2.24, 2.45) is 0 Å². The van der Waals surface area contributed by atoms with Gasteiger partial charge in [0.15, 0.2) is 0 Å². The minimum absolute atomic E-state index is 0.0275. The highest BCUT2D eigenvalue weighted by Gasteiger charge is 2.31. The molecule has 0 aliphatic carbocycles. The number of nitrogens with one attached hydrogen (secondary N) is 1. The van der Waals surface area contributed by atoms with Gasteiger partial charge in [0.2, 0.25) is 0 Å². The van der Waals surface area contributed by atoms with Crippen LogP contribution in [0.15, 0.2) is 36.4 Å². The van der Waals surface area contributed by atoms with Crippen LogP contribution in [0, 0.1) is 0 Å². The first kappa shape index (κ1) is 17.5. The molecule has 1 aromatic heterocycles. The number of benzene rings is 1. The van der Waals surface area contributed by atoms with Crippen LogP contribution in [0.3, 0.4) is 0 Å². The zero-order valence-electron chi connectivity index (χ0n) is 13.6. The molecule has 0 saturated carbocycles. The summed E-state index contributed by atoms with van der Waals surface area (Å²) in [6, 6.07) is 9.91. The molecule has 1 atom stereocenters. The molecule has 1 aliphatic heterocycles. The lowest BCUT2D eigenvalue weighted by Gasteiger charge is -2.35. The quantitative estimate of drug-likeness (QED) is 0.879. The van der Waals surface area contributed by atoms with Crippen LogP contribution in [0.25, 0.3) is 0 Å². The van der Waals surface area contributed by atoms with Crippen LogP contribution in [-0.4, -0.2) is 31.1 Å². The maximum Gasteiger partial charge on any atom is 0.416 e. The van der Waals surface area contributed by atoms with E-state index in [1.807, 2.05) is 0 Å². The van der Waals surface area contributed by atoms with Crippen molar-refractivity contribution in [3.8, 4) is 0 Å². The number of nitrogens with zero attached hydrogens (tertiary/aromatic N) is 1. The zero-order valence-corrected chi connectivity index (χ0v) is 14.4. The van der Waals surface area contributed by atoms with Crippen LogP contribution in [0.2, 0.25) is 0 Å². The molecule has 2 aromatic rings. The van der Waals surface area contributed by atoms with E-state index >= 15 is 0 Å². The third-order valence-corrected chi connectivity index (χ3v) is 5.65. The number of hydrogen-bond donors (Lipinski definition) is 1. The molecule has 2 heterocycles. The molecule has 1 saturated heterocycles. The van der Waals surface area contributed by atoms with Crippen LogP contribution in [0.1, 0.15) is 33.8 Å². The number of halogens is 3. The van der Waals surface area contributed by atoms with Gasteiger partial charge in [-0.15, -0.1) is 11.3 Å². The van der Waals surface area contributed by atoms with Gasteiger partial charge >= 0.3 is 6.18 Å². The molecule has 1 aliphatic rings. The number of rotatable bonds is 4. The van der Waals surface area contributed by atoms with Gasteiger partial charge in [0.25, 0.3) is 0 Å². The number of hydrogen-bond acceptors (Lipinski definition) is 3. The number of piperazine rings is 1. The SMILES string of the molecule is CCc1ccc(C(c2ccc(C(F)(F)F)cc2)N2CCNCC2)s1. The van der Waals surface area contributed by atoms with Crippen LogP contribution in [0.5, 0.6) is 0 Å². The maximum absolute atomic E-state index is 12.8. The van der Waals surface area contributed by atoms with Gasteiger partial charge in [-0.25, -0.2) is 0 Å². The Bertz CT molecular complexity index is 658. The molecule has 130 valence electrons. The molecule has 0 amide bonds. The predicted molar refractivity (Wildman–Crippen MR) is 91.4 cm³/mol. The van der Waals surface area contributed by atoms with Crippen molar-refractivity contribution in [3.63, 3.8) is 0 Å². The highest BCUT2D eigenvalue weighted by atomic mass is 32.1. The Balaban J connectivity index is 1.94. The lowest BCUT2D eigenvalue weighted by Crippen LogP contribution is -2.45. The molecule has 0 radical (unpaired) electrons. The van der Waals surface area contributed by atoms with E-state index in [4.69, 9.17) is 0 Å². The van der Waals surface area contributed by atoms with Crippen molar-refractivity contribution >= 4 is 11.3 Å². The summed E-state index contributed by atoms with van der Waals surface area (Å²) in [4.78, 5) is 4.86. The number of alkyl halides is 3. The average molecular weight is 354 g/mol. The summed E-state index contributed by atoms with van der Waals surface area (Å²) in [7, 11) is 0. The van der Waals surface area contributed by atoms with E-state index in [9.17, 15) is 13.2 Å². The fraction of sp³-hybridized carbons (Fsp3) is 0.444. The molecular weight excluding hydrogens is 333 g/mol. The molecule has 1 N–H and O–H groups in total. The number of aryl methyl sites for hydroxylation is 1. The summed E-state index contributed by atoms with van der Waals surface area (Å²) in [6.07, 6.45) is -3.31. The third-order valence-electron chi connectivity index (χ3n) is 4.37. The van der Waals surface area contributed by atoms with Gasteiger partial charge in [0, 0.05) is 35.9 Å². The minimum atomic E-state index is -4.29. The third kappa shape index (κ3) is 3.82. The topological polar surface area (TPSA) is 15.3 Å². The second-order valence-electron chi connectivity index (χ2n) is 5.97. The molecule has 0 spiro atoms. The molecule has 6 heteroatoms. The predicted octanol–water partition coefficient (Wildman–Crippen LogP) is 4.32. The Labute approximate surface area is 144 Å². The van der Waals surface area contributed by atoms with Crippen molar-refractivity contribution in [2.75, 3.05) is 26.2 Å². The molecule has 1 aromatic carbocycles. The van der Waals surface area contributed by atoms with Crippen LogP contribution < -0.4 is 5.32 Å². The van der Waals surface area contributed by atoms with E-state index in [-0.39, 0.29) is 6.04 Å². The van der Waals surface area contributed by atoms with Crippen molar-refractivity contribution in [1.29, 1.82) is 0 Å². The Morgan fingerprint density at radius 1 is 1.08 bits per heavy atom. The first-order valence-electron chi connectivity index (χ1n) is 8.19. The fourth-order valence-electron chi connectivity index (χ4n) is 3.08. The van der Waals surface area contributed by atoms with Gasteiger partial charge in [-0.05, 0) is 36.2 Å².